The highest BCUT2D eigenvalue weighted by atomic mass is 32.1. The van der Waals surface area contributed by atoms with E-state index in [0.717, 1.165) is 23.4 Å². The van der Waals surface area contributed by atoms with E-state index in [4.69, 9.17) is 18.0 Å². The Balaban J connectivity index is 2.78. The van der Waals surface area contributed by atoms with Gasteiger partial charge in [0.15, 0.2) is 0 Å². The minimum Gasteiger partial charge on any atom is -0.389 e. The summed E-state index contributed by atoms with van der Waals surface area (Å²) in [4.78, 5) is 0.461. The molecule has 0 amide bonds. The smallest absolute Gasteiger partial charge is 0.104 e. The van der Waals surface area contributed by atoms with Gasteiger partial charge in [-0.2, -0.15) is 0 Å². The Labute approximate surface area is 96.9 Å². The molecule has 0 heterocycles. The van der Waals surface area contributed by atoms with Gasteiger partial charge in [0.25, 0.3) is 0 Å². The van der Waals surface area contributed by atoms with Crippen LogP contribution in [0.15, 0.2) is 18.2 Å². The van der Waals surface area contributed by atoms with E-state index < -0.39 is 0 Å². The Morgan fingerprint density at radius 3 is 2.60 bits per heavy atom. The second-order valence-electron chi connectivity index (χ2n) is 4.17. The highest BCUT2D eigenvalue weighted by Crippen LogP contribution is 2.15. The maximum Gasteiger partial charge on any atom is 0.104 e. The predicted octanol–water partition coefficient (Wildman–Crippen LogP) is 2.70. The summed E-state index contributed by atoms with van der Waals surface area (Å²) in [5.74, 6) is 0.639. The van der Waals surface area contributed by atoms with E-state index in [-0.39, 0.29) is 0 Å². The average Bonchev–Trinajstić information content (AvgIpc) is 2.14. The lowest BCUT2D eigenvalue weighted by atomic mass is 10.1. The lowest BCUT2D eigenvalue weighted by molar-refractivity contribution is 0.689. The normalized spacial score (nSPS) is 10.4. The summed E-state index contributed by atoms with van der Waals surface area (Å²) in [6.45, 7) is 7.37. The zero-order valence-electron chi connectivity index (χ0n) is 9.50. The molecule has 2 nitrogen and oxygen atoms in total. The van der Waals surface area contributed by atoms with Gasteiger partial charge >= 0.3 is 0 Å². The molecule has 1 rings (SSSR count). The van der Waals surface area contributed by atoms with Crippen LogP contribution >= 0.6 is 12.2 Å². The second kappa shape index (κ2) is 5.12. The first-order chi connectivity index (χ1) is 7.00. The summed E-state index contributed by atoms with van der Waals surface area (Å²) in [5, 5.41) is 3.37. The van der Waals surface area contributed by atoms with Crippen molar-refractivity contribution in [2.24, 2.45) is 11.7 Å². The van der Waals surface area contributed by atoms with Gasteiger partial charge in [-0.15, -0.1) is 0 Å². The molecule has 0 saturated heterocycles. The van der Waals surface area contributed by atoms with E-state index >= 15 is 0 Å². The topological polar surface area (TPSA) is 38.0 Å². The fraction of sp³-hybridized carbons (Fsp3) is 0.417. The minimum absolute atomic E-state index is 0.461. The SMILES string of the molecule is Cc1cc(NCC(C)C)ccc1C(N)=S. The van der Waals surface area contributed by atoms with Crippen LogP contribution in [0, 0.1) is 12.8 Å². The maximum absolute atomic E-state index is 5.60. The van der Waals surface area contributed by atoms with Crippen LogP contribution in [-0.4, -0.2) is 11.5 Å². The van der Waals surface area contributed by atoms with Crippen LogP contribution in [0.25, 0.3) is 0 Å². The Bertz CT molecular complexity index is 359. The molecule has 0 bridgehead atoms. The molecule has 3 heteroatoms. The summed E-state index contributed by atoms with van der Waals surface area (Å²) >= 11 is 4.96. The monoisotopic (exact) mass is 222 g/mol. The number of nitrogens with two attached hydrogens (primary N) is 1. The molecule has 0 spiro atoms. The quantitative estimate of drug-likeness (QED) is 0.769. The van der Waals surface area contributed by atoms with Crippen molar-refractivity contribution in [1.29, 1.82) is 0 Å². The Kier molecular flexibility index (Phi) is 4.09. The van der Waals surface area contributed by atoms with Crippen LogP contribution in [0.2, 0.25) is 0 Å². The molecule has 0 atom stereocenters. The molecule has 0 radical (unpaired) electrons. The molecule has 0 fully saturated rings. The number of hydrogen-bond donors (Lipinski definition) is 2. The van der Waals surface area contributed by atoms with Crippen molar-refractivity contribution in [2.75, 3.05) is 11.9 Å². The van der Waals surface area contributed by atoms with Gasteiger partial charge in [0, 0.05) is 17.8 Å². The molecular formula is C12H18N2S. The van der Waals surface area contributed by atoms with Gasteiger partial charge in [-0.3, -0.25) is 0 Å². The predicted molar refractivity (Wildman–Crippen MR) is 70.4 cm³/mol. The van der Waals surface area contributed by atoms with Gasteiger partial charge in [0.1, 0.15) is 4.99 Å². The van der Waals surface area contributed by atoms with Crippen LogP contribution in [0.3, 0.4) is 0 Å². The summed E-state index contributed by atoms with van der Waals surface area (Å²) in [6.07, 6.45) is 0. The van der Waals surface area contributed by atoms with Crippen molar-refractivity contribution in [1.82, 2.24) is 0 Å². The van der Waals surface area contributed by atoms with E-state index in [0.29, 0.717) is 10.9 Å². The second-order valence-corrected chi connectivity index (χ2v) is 4.61. The van der Waals surface area contributed by atoms with Gasteiger partial charge in [0.2, 0.25) is 0 Å². The first-order valence-electron chi connectivity index (χ1n) is 5.15. The van der Waals surface area contributed by atoms with Gasteiger partial charge in [-0.1, -0.05) is 26.1 Å². The van der Waals surface area contributed by atoms with E-state index in [2.05, 4.69) is 25.2 Å². The van der Waals surface area contributed by atoms with Gasteiger partial charge in [-0.25, -0.2) is 0 Å². The van der Waals surface area contributed by atoms with Crippen LogP contribution in [0.4, 0.5) is 5.69 Å². The zero-order chi connectivity index (χ0) is 11.4. The third-order valence-corrected chi connectivity index (χ3v) is 2.43. The van der Waals surface area contributed by atoms with Crippen molar-refractivity contribution in [2.45, 2.75) is 20.8 Å². The molecule has 0 aliphatic heterocycles. The first-order valence-corrected chi connectivity index (χ1v) is 5.56. The van der Waals surface area contributed by atoms with Crippen LogP contribution in [0.5, 0.6) is 0 Å². The van der Waals surface area contributed by atoms with E-state index in [1.54, 1.807) is 0 Å². The highest BCUT2D eigenvalue weighted by Gasteiger charge is 2.02. The molecular weight excluding hydrogens is 204 g/mol. The number of aryl methyl sites for hydroxylation is 1. The third-order valence-electron chi connectivity index (χ3n) is 2.21. The van der Waals surface area contributed by atoms with Gasteiger partial charge < -0.3 is 11.1 Å². The fourth-order valence-corrected chi connectivity index (χ4v) is 1.60. The first kappa shape index (κ1) is 12.0. The molecule has 0 aliphatic rings. The Morgan fingerprint density at radius 1 is 1.47 bits per heavy atom. The van der Waals surface area contributed by atoms with E-state index in [1.165, 1.54) is 0 Å². The minimum atomic E-state index is 0.461. The van der Waals surface area contributed by atoms with E-state index in [1.807, 2.05) is 19.1 Å². The lowest BCUT2D eigenvalue weighted by Crippen LogP contribution is -2.12. The fourth-order valence-electron chi connectivity index (χ4n) is 1.37. The number of nitrogens with one attached hydrogen (secondary N) is 1. The van der Waals surface area contributed by atoms with Crippen molar-refractivity contribution < 1.29 is 0 Å². The van der Waals surface area contributed by atoms with Crippen molar-refractivity contribution in [3.05, 3.63) is 29.3 Å². The molecule has 0 aromatic heterocycles. The van der Waals surface area contributed by atoms with Crippen molar-refractivity contribution >= 4 is 22.9 Å². The maximum atomic E-state index is 5.60. The summed E-state index contributed by atoms with van der Waals surface area (Å²) in [5.41, 5.74) is 8.80. The summed E-state index contributed by atoms with van der Waals surface area (Å²) < 4.78 is 0. The standard InChI is InChI=1S/C12H18N2S/c1-8(2)7-14-10-4-5-11(12(13)15)9(3)6-10/h4-6,8,14H,7H2,1-3H3,(H2,13,15). The summed E-state index contributed by atoms with van der Waals surface area (Å²) in [6, 6.07) is 6.07. The van der Waals surface area contributed by atoms with Crippen LogP contribution < -0.4 is 11.1 Å². The molecule has 0 aliphatic carbocycles. The van der Waals surface area contributed by atoms with Crippen molar-refractivity contribution in [3.8, 4) is 0 Å². The summed E-state index contributed by atoms with van der Waals surface area (Å²) in [7, 11) is 0. The highest BCUT2D eigenvalue weighted by molar-refractivity contribution is 7.80. The molecule has 1 aromatic carbocycles. The third kappa shape index (κ3) is 3.51. The number of thiocarbonyl (C=S) groups is 1. The van der Waals surface area contributed by atoms with Crippen molar-refractivity contribution in [3.63, 3.8) is 0 Å². The molecule has 0 unspecified atom stereocenters. The Hall–Kier alpha value is -1.09. The number of benzene rings is 1. The Morgan fingerprint density at radius 2 is 2.13 bits per heavy atom. The van der Waals surface area contributed by atoms with Gasteiger partial charge in [0.05, 0.1) is 0 Å². The molecule has 82 valence electrons. The number of anilines is 1. The average molecular weight is 222 g/mol. The van der Waals surface area contributed by atoms with Gasteiger partial charge in [-0.05, 0) is 36.6 Å². The zero-order valence-corrected chi connectivity index (χ0v) is 10.3. The number of hydrogen-bond acceptors (Lipinski definition) is 2. The lowest BCUT2D eigenvalue weighted by Gasteiger charge is -2.11. The van der Waals surface area contributed by atoms with E-state index in [9.17, 15) is 0 Å². The molecule has 3 N–H and O–H groups in total. The molecule has 0 saturated carbocycles. The van der Waals surface area contributed by atoms with Crippen LogP contribution in [0.1, 0.15) is 25.0 Å². The van der Waals surface area contributed by atoms with Crippen LogP contribution in [-0.2, 0) is 0 Å². The molecule has 1 aromatic rings. The molecule has 15 heavy (non-hydrogen) atoms. The number of rotatable bonds is 4. The largest absolute Gasteiger partial charge is 0.389 e.